The number of hydrogen-bond acceptors (Lipinski definition) is 5. The zero-order valence-electron chi connectivity index (χ0n) is 10.9. The van der Waals surface area contributed by atoms with Crippen molar-refractivity contribution in [1.29, 1.82) is 0 Å². The first-order valence-electron chi connectivity index (χ1n) is 6.36. The van der Waals surface area contributed by atoms with Crippen molar-refractivity contribution < 1.29 is 9.47 Å². The van der Waals surface area contributed by atoms with E-state index in [1.807, 2.05) is 35.7 Å². The minimum Gasteiger partial charge on any atom is -0.486 e. The van der Waals surface area contributed by atoms with Gasteiger partial charge < -0.3 is 15.2 Å². The number of ether oxygens (including phenoxy) is 2. The van der Waals surface area contributed by atoms with Crippen molar-refractivity contribution in [3.05, 3.63) is 29.3 Å². The summed E-state index contributed by atoms with van der Waals surface area (Å²) in [5, 5.41) is 0. The fourth-order valence-corrected chi connectivity index (χ4v) is 3.21. The van der Waals surface area contributed by atoms with Gasteiger partial charge in [0.15, 0.2) is 16.5 Å². The molecule has 102 valence electrons. The number of nitrogens with zero attached hydrogens (tertiary/aromatic N) is 2. The van der Waals surface area contributed by atoms with E-state index in [9.17, 15) is 0 Å². The van der Waals surface area contributed by atoms with E-state index < -0.39 is 0 Å². The fourth-order valence-electron chi connectivity index (χ4n) is 2.38. The van der Waals surface area contributed by atoms with Crippen molar-refractivity contribution in [2.24, 2.45) is 0 Å². The van der Waals surface area contributed by atoms with Crippen molar-refractivity contribution in [1.82, 2.24) is 9.38 Å². The number of aromatic nitrogens is 2. The summed E-state index contributed by atoms with van der Waals surface area (Å²) in [6, 6.07) is 5.80. The molecule has 1 aromatic carbocycles. The molecule has 0 aliphatic carbocycles. The minimum atomic E-state index is 0.573. The predicted octanol–water partition coefficient (Wildman–Crippen LogP) is 2.72. The molecule has 0 spiro atoms. The van der Waals surface area contributed by atoms with Gasteiger partial charge in [-0.25, -0.2) is 4.98 Å². The maximum Gasteiger partial charge on any atom is 0.196 e. The van der Waals surface area contributed by atoms with Crippen molar-refractivity contribution in [3.8, 4) is 22.8 Å². The Kier molecular flexibility index (Phi) is 2.40. The zero-order valence-corrected chi connectivity index (χ0v) is 11.7. The SMILES string of the molecule is Cc1cn2c(N)c(-c3ccc4c(c3)OCCO4)nc2s1. The van der Waals surface area contributed by atoms with Crippen LogP contribution in [0.2, 0.25) is 0 Å². The normalized spacial score (nSPS) is 13.8. The molecule has 0 amide bonds. The molecule has 1 aliphatic rings. The third-order valence-electron chi connectivity index (χ3n) is 3.29. The van der Waals surface area contributed by atoms with Crippen molar-refractivity contribution in [2.45, 2.75) is 6.92 Å². The first-order valence-corrected chi connectivity index (χ1v) is 7.18. The van der Waals surface area contributed by atoms with Crippen LogP contribution in [0.4, 0.5) is 5.82 Å². The molecule has 3 heterocycles. The van der Waals surface area contributed by atoms with Crippen LogP contribution in [0.25, 0.3) is 16.2 Å². The quantitative estimate of drug-likeness (QED) is 0.747. The molecule has 20 heavy (non-hydrogen) atoms. The van der Waals surface area contributed by atoms with Crippen LogP contribution in [0.3, 0.4) is 0 Å². The summed E-state index contributed by atoms with van der Waals surface area (Å²) in [7, 11) is 0. The second kappa shape index (κ2) is 4.14. The van der Waals surface area contributed by atoms with E-state index in [0.717, 1.165) is 27.7 Å². The molecule has 0 fully saturated rings. The maximum absolute atomic E-state index is 6.20. The first kappa shape index (κ1) is 11.6. The van der Waals surface area contributed by atoms with Gasteiger partial charge in [-0.1, -0.05) is 0 Å². The Balaban J connectivity index is 1.86. The molecule has 0 saturated carbocycles. The van der Waals surface area contributed by atoms with Gasteiger partial charge in [0.2, 0.25) is 0 Å². The maximum atomic E-state index is 6.20. The number of nitrogens with two attached hydrogens (primary N) is 1. The summed E-state index contributed by atoms with van der Waals surface area (Å²) in [4.78, 5) is 6.71. The number of anilines is 1. The van der Waals surface area contributed by atoms with Gasteiger partial charge >= 0.3 is 0 Å². The Morgan fingerprint density at radius 3 is 2.85 bits per heavy atom. The molecule has 0 unspecified atom stereocenters. The number of benzene rings is 1. The Morgan fingerprint density at radius 1 is 1.25 bits per heavy atom. The molecule has 5 nitrogen and oxygen atoms in total. The van der Waals surface area contributed by atoms with Crippen LogP contribution in [0.5, 0.6) is 11.5 Å². The highest BCUT2D eigenvalue weighted by molar-refractivity contribution is 7.17. The molecule has 6 heteroatoms. The average Bonchev–Trinajstić information content (AvgIpc) is 2.97. The smallest absolute Gasteiger partial charge is 0.196 e. The van der Waals surface area contributed by atoms with Gasteiger partial charge in [0.05, 0.1) is 0 Å². The summed E-state index contributed by atoms with van der Waals surface area (Å²) in [6.45, 7) is 3.21. The Hall–Kier alpha value is -2.21. The van der Waals surface area contributed by atoms with Crippen LogP contribution in [-0.2, 0) is 0 Å². The Morgan fingerprint density at radius 2 is 2.05 bits per heavy atom. The lowest BCUT2D eigenvalue weighted by atomic mass is 10.1. The van der Waals surface area contributed by atoms with Gasteiger partial charge in [0.1, 0.15) is 24.7 Å². The molecule has 4 rings (SSSR count). The Labute approximate surface area is 119 Å². The van der Waals surface area contributed by atoms with E-state index in [2.05, 4.69) is 4.98 Å². The number of hydrogen-bond donors (Lipinski definition) is 1. The second-order valence-corrected chi connectivity index (χ2v) is 5.91. The fraction of sp³-hybridized carbons (Fsp3) is 0.214. The summed E-state index contributed by atoms with van der Waals surface area (Å²) >= 11 is 1.63. The topological polar surface area (TPSA) is 61.8 Å². The lowest BCUT2D eigenvalue weighted by Crippen LogP contribution is -2.15. The van der Waals surface area contributed by atoms with Gasteiger partial charge in [-0.2, -0.15) is 0 Å². The highest BCUT2D eigenvalue weighted by Crippen LogP contribution is 2.37. The molecule has 0 saturated heterocycles. The van der Waals surface area contributed by atoms with E-state index in [0.29, 0.717) is 19.0 Å². The van der Waals surface area contributed by atoms with Crippen LogP contribution in [0.1, 0.15) is 4.88 Å². The summed E-state index contributed by atoms with van der Waals surface area (Å²) in [5.74, 6) is 2.18. The van der Waals surface area contributed by atoms with Crippen LogP contribution in [0.15, 0.2) is 24.4 Å². The molecule has 2 N–H and O–H groups in total. The number of nitrogen functional groups attached to an aromatic ring is 1. The van der Waals surface area contributed by atoms with Gasteiger partial charge in [-0.3, -0.25) is 4.40 Å². The van der Waals surface area contributed by atoms with Crippen LogP contribution in [-0.4, -0.2) is 22.6 Å². The lowest BCUT2D eigenvalue weighted by Gasteiger charge is -2.18. The largest absolute Gasteiger partial charge is 0.486 e. The van der Waals surface area contributed by atoms with Crippen molar-refractivity contribution in [3.63, 3.8) is 0 Å². The van der Waals surface area contributed by atoms with Gasteiger partial charge in [0, 0.05) is 16.6 Å². The molecule has 0 atom stereocenters. The van der Waals surface area contributed by atoms with Crippen molar-refractivity contribution >= 4 is 22.1 Å². The van der Waals surface area contributed by atoms with Gasteiger partial charge in [-0.15, -0.1) is 11.3 Å². The highest BCUT2D eigenvalue weighted by atomic mass is 32.1. The van der Waals surface area contributed by atoms with Crippen LogP contribution < -0.4 is 15.2 Å². The molecular weight excluding hydrogens is 274 g/mol. The summed E-state index contributed by atoms with van der Waals surface area (Å²) in [6.07, 6.45) is 2.00. The number of rotatable bonds is 1. The predicted molar refractivity (Wildman–Crippen MR) is 78.6 cm³/mol. The summed E-state index contributed by atoms with van der Waals surface area (Å²) < 4.78 is 13.0. The van der Waals surface area contributed by atoms with E-state index >= 15 is 0 Å². The number of aryl methyl sites for hydroxylation is 1. The third-order valence-corrected chi connectivity index (χ3v) is 4.19. The monoisotopic (exact) mass is 287 g/mol. The second-order valence-electron chi connectivity index (χ2n) is 4.70. The van der Waals surface area contributed by atoms with Crippen molar-refractivity contribution in [2.75, 3.05) is 18.9 Å². The zero-order chi connectivity index (χ0) is 13.7. The molecule has 0 bridgehead atoms. The molecule has 1 aliphatic heterocycles. The number of imidazole rings is 1. The van der Waals surface area contributed by atoms with E-state index in [1.54, 1.807) is 11.3 Å². The number of fused-ring (bicyclic) bond motifs is 2. The molecular formula is C14H13N3O2S. The standard InChI is InChI=1S/C14H13N3O2S/c1-8-7-17-13(15)12(16-14(17)20-8)9-2-3-10-11(6-9)19-5-4-18-10/h2-3,6-7H,4-5,15H2,1H3. The van der Waals surface area contributed by atoms with Gasteiger partial charge in [-0.05, 0) is 25.1 Å². The average molecular weight is 287 g/mol. The summed E-state index contributed by atoms with van der Waals surface area (Å²) in [5.41, 5.74) is 7.93. The first-order chi connectivity index (χ1) is 9.72. The highest BCUT2D eigenvalue weighted by Gasteiger charge is 2.17. The molecule has 0 radical (unpaired) electrons. The lowest BCUT2D eigenvalue weighted by molar-refractivity contribution is 0.171. The van der Waals surface area contributed by atoms with E-state index in [1.165, 1.54) is 4.88 Å². The third kappa shape index (κ3) is 1.65. The minimum absolute atomic E-state index is 0.573. The van der Waals surface area contributed by atoms with E-state index in [4.69, 9.17) is 15.2 Å². The molecule has 2 aromatic heterocycles. The molecule has 3 aromatic rings. The van der Waals surface area contributed by atoms with Gasteiger partial charge in [0.25, 0.3) is 0 Å². The van der Waals surface area contributed by atoms with Crippen LogP contribution >= 0.6 is 11.3 Å². The van der Waals surface area contributed by atoms with Crippen LogP contribution in [0, 0.1) is 6.92 Å². The van der Waals surface area contributed by atoms with E-state index in [-0.39, 0.29) is 0 Å². The Bertz CT molecular complexity index is 806. The number of thiazole rings is 1.